The maximum absolute atomic E-state index is 14.3. The van der Waals surface area contributed by atoms with Crippen LogP contribution in [-0.2, 0) is 6.42 Å². The van der Waals surface area contributed by atoms with Gasteiger partial charge in [0.15, 0.2) is 11.6 Å². The summed E-state index contributed by atoms with van der Waals surface area (Å²) in [5.41, 5.74) is 7.41. The Balaban J connectivity index is 0.000000191. The number of halogens is 3. The van der Waals surface area contributed by atoms with Gasteiger partial charge < -0.3 is 0 Å². The maximum atomic E-state index is 14.3. The van der Waals surface area contributed by atoms with E-state index >= 15 is 0 Å². The fourth-order valence-electron chi connectivity index (χ4n) is 6.19. The molecule has 6 rings (SSSR count). The summed E-state index contributed by atoms with van der Waals surface area (Å²) < 4.78 is 42.2. The largest absolute Gasteiger partial charge is 0.206 e. The van der Waals surface area contributed by atoms with E-state index in [4.69, 9.17) is 0 Å². The summed E-state index contributed by atoms with van der Waals surface area (Å²) in [6, 6.07) is 31.4. The number of nitrogens with zero attached hydrogens (tertiary/aromatic N) is 2. The average Bonchev–Trinajstić information content (AvgIpc) is 3.11. The fraction of sp³-hybridized carbons (Fsp3) is 0.238. The molecule has 2 nitrogen and oxygen atoms in total. The first kappa shape index (κ1) is 35.8. The Labute approximate surface area is 297 Å². The molecule has 1 aliphatic carbocycles. The average molecular weight is 691 g/mol. The summed E-state index contributed by atoms with van der Waals surface area (Å²) >= 11 is 8.95. The standard InChI is InChI=1S/C22H24FNS.C20H13F2NS/c1-16-2-4-17(5-3-16)6-7-18-8-10-19(11-9-18)21-13-12-20(24-15-25)14-22(21)23;1-13-2-4-14(5-3-13)15-6-8-16(9-7-15)17-10-18(21)20(23-12-24)19(22)11-17/h8-14,16-17H,2-7H2,1H3;2-11H,1H3. The monoisotopic (exact) mass is 690 g/mol. The van der Waals surface area contributed by atoms with Gasteiger partial charge in [0.1, 0.15) is 11.5 Å². The Morgan fingerprint density at radius 2 is 1.14 bits per heavy atom. The third-order valence-corrected chi connectivity index (χ3v) is 9.33. The lowest BCUT2D eigenvalue weighted by Gasteiger charge is -2.26. The number of rotatable bonds is 8. The molecule has 0 amide bonds. The van der Waals surface area contributed by atoms with E-state index in [0.717, 1.165) is 40.5 Å². The van der Waals surface area contributed by atoms with Crippen LogP contribution in [0.15, 0.2) is 113 Å². The number of hydrogen-bond donors (Lipinski definition) is 0. The lowest BCUT2D eigenvalue weighted by molar-refractivity contribution is 0.278. The molecule has 0 atom stereocenters. The van der Waals surface area contributed by atoms with Gasteiger partial charge in [-0.15, -0.1) is 0 Å². The van der Waals surface area contributed by atoms with Crippen molar-refractivity contribution in [3.8, 4) is 33.4 Å². The molecule has 0 spiro atoms. The van der Waals surface area contributed by atoms with Crippen LogP contribution in [0.3, 0.4) is 0 Å². The van der Waals surface area contributed by atoms with Crippen molar-refractivity contribution in [2.24, 2.45) is 21.8 Å². The molecule has 0 unspecified atom stereocenters. The third-order valence-electron chi connectivity index (χ3n) is 9.15. The molecule has 1 saturated carbocycles. The highest BCUT2D eigenvalue weighted by Crippen LogP contribution is 2.33. The molecule has 248 valence electrons. The second-order valence-corrected chi connectivity index (χ2v) is 13.0. The van der Waals surface area contributed by atoms with Crippen molar-refractivity contribution in [2.75, 3.05) is 0 Å². The van der Waals surface area contributed by atoms with Crippen molar-refractivity contribution in [3.05, 3.63) is 132 Å². The van der Waals surface area contributed by atoms with Gasteiger partial charge in [0, 0.05) is 11.6 Å². The minimum atomic E-state index is -0.759. The molecular formula is C42H37F3N2S2. The fourth-order valence-corrected chi connectivity index (χ4v) is 6.38. The van der Waals surface area contributed by atoms with E-state index in [1.165, 1.54) is 61.4 Å². The van der Waals surface area contributed by atoms with Crippen molar-refractivity contribution in [1.29, 1.82) is 0 Å². The Bertz CT molecular complexity index is 1950. The highest BCUT2D eigenvalue weighted by Gasteiger charge is 2.18. The number of isothiocyanates is 2. The number of aliphatic imine (C=N–C) groups is 2. The van der Waals surface area contributed by atoms with Gasteiger partial charge in [-0.05, 0) is 114 Å². The smallest absolute Gasteiger partial charge is 0.153 e. The quantitative estimate of drug-likeness (QED) is 0.120. The number of hydrogen-bond acceptors (Lipinski definition) is 4. The van der Waals surface area contributed by atoms with Crippen LogP contribution in [0.2, 0.25) is 0 Å². The molecule has 0 saturated heterocycles. The molecule has 0 radical (unpaired) electrons. The van der Waals surface area contributed by atoms with Crippen molar-refractivity contribution in [3.63, 3.8) is 0 Å². The van der Waals surface area contributed by atoms with Gasteiger partial charge in [-0.2, -0.15) is 9.98 Å². The summed E-state index contributed by atoms with van der Waals surface area (Å²) in [7, 11) is 0. The van der Waals surface area contributed by atoms with Crippen molar-refractivity contribution in [1.82, 2.24) is 0 Å². The van der Waals surface area contributed by atoms with E-state index in [1.54, 1.807) is 12.1 Å². The van der Waals surface area contributed by atoms with E-state index in [2.05, 4.69) is 58.6 Å². The molecule has 49 heavy (non-hydrogen) atoms. The third kappa shape index (κ3) is 9.78. The van der Waals surface area contributed by atoms with Crippen molar-refractivity contribution in [2.45, 2.75) is 52.4 Å². The summed E-state index contributed by atoms with van der Waals surface area (Å²) in [6.07, 6.45) is 7.90. The lowest BCUT2D eigenvalue weighted by Crippen LogP contribution is -2.12. The van der Waals surface area contributed by atoms with E-state index in [1.807, 2.05) is 72.7 Å². The minimum Gasteiger partial charge on any atom is -0.206 e. The Kier molecular flexibility index (Phi) is 12.6. The molecule has 5 aromatic rings. The van der Waals surface area contributed by atoms with Crippen LogP contribution in [0.4, 0.5) is 24.5 Å². The zero-order valence-electron chi connectivity index (χ0n) is 27.6. The molecular weight excluding hydrogens is 654 g/mol. The number of benzene rings is 5. The number of aryl methyl sites for hydroxylation is 2. The van der Waals surface area contributed by atoms with Crippen LogP contribution < -0.4 is 0 Å². The molecule has 1 aliphatic rings. The first-order valence-corrected chi connectivity index (χ1v) is 17.3. The van der Waals surface area contributed by atoms with Crippen LogP contribution in [0.1, 0.15) is 50.2 Å². The van der Waals surface area contributed by atoms with E-state index < -0.39 is 17.3 Å². The van der Waals surface area contributed by atoms with Gasteiger partial charge in [0.05, 0.1) is 16.0 Å². The molecule has 0 bridgehead atoms. The van der Waals surface area contributed by atoms with Gasteiger partial charge in [-0.3, -0.25) is 0 Å². The van der Waals surface area contributed by atoms with Gasteiger partial charge in [0.2, 0.25) is 0 Å². The Morgan fingerprint density at radius 1 is 0.612 bits per heavy atom. The second kappa shape index (κ2) is 17.2. The first-order chi connectivity index (χ1) is 23.7. The highest BCUT2D eigenvalue weighted by molar-refractivity contribution is 7.78. The van der Waals surface area contributed by atoms with Gasteiger partial charge in [-0.25, -0.2) is 13.2 Å². The SMILES string of the molecule is CC1CCC(CCc2ccc(-c3ccc(N=C=S)cc3F)cc2)CC1.Cc1ccc(-c2ccc(-c3cc(F)c(N=C=S)c(F)c3)cc2)cc1. The van der Waals surface area contributed by atoms with E-state index in [9.17, 15) is 13.2 Å². The highest BCUT2D eigenvalue weighted by atomic mass is 32.1. The summed E-state index contributed by atoms with van der Waals surface area (Å²) in [5, 5.41) is 4.25. The normalized spacial score (nSPS) is 15.3. The molecule has 7 heteroatoms. The topological polar surface area (TPSA) is 24.7 Å². The minimum absolute atomic E-state index is 0.282. The number of thiocarbonyl (C=S) groups is 2. The van der Waals surface area contributed by atoms with Crippen molar-refractivity contribution >= 4 is 46.1 Å². The zero-order chi connectivity index (χ0) is 34.8. The summed E-state index contributed by atoms with van der Waals surface area (Å²) in [6.45, 7) is 4.40. The molecule has 0 aromatic heterocycles. The predicted molar refractivity (Wildman–Crippen MR) is 203 cm³/mol. The molecule has 1 fully saturated rings. The zero-order valence-corrected chi connectivity index (χ0v) is 29.2. The molecule has 0 aliphatic heterocycles. The van der Waals surface area contributed by atoms with E-state index in [-0.39, 0.29) is 5.82 Å². The lowest BCUT2D eigenvalue weighted by atomic mass is 9.80. The Morgan fingerprint density at radius 3 is 1.69 bits per heavy atom. The van der Waals surface area contributed by atoms with E-state index in [0.29, 0.717) is 16.8 Å². The summed E-state index contributed by atoms with van der Waals surface area (Å²) in [4.78, 5) is 7.23. The van der Waals surface area contributed by atoms with Crippen LogP contribution in [-0.4, -0.2) is 10.3 Å². The Hall–Kier alpha value is -4.51. The van der Waals surface area contributed by atoms with Gasteiger partial charge >= 0.3 is 0 Å². The van der Waals surface area contributed by atoms with Crippen LogP contribution >= 0.6 is 24.4 Å². The summed E-state index contributed by atoms with van der Waals surface area (Å²) in [5.74, 6) is -0.0143. The van der Waals surface area contributed by atoms with Crippen LogP contribution in [0.25, 0.3) is 33.4 Å². The van der Waals surface area contributed by atoms with Crippen LogP contribution in [0, 0.1) is 36.2 Å². The van der Waals surface area contributed by atoms with Gasteiger partial charge in [-0.1, -0.05) is 111 Å². The van der Waals surface area contributed by atoms with Crippen molar-refractivity contribution < 1.29 is 13.2 Å². The predicted octanol–water partition coefficient (Wildman–Crippen LogP) is 13.3. The molecule has 0 N–H and O–H groups in total. The second-order valence-electron chi connectivity index (χ2n) is 12.7. The van der Waals surface area contributed by atoms with Gasteiger partial charge in [0.25, 0.3) is 0 Å². The molecule has 0 heterocycles. The van der Waals surface area contributed by atoms with Crippen LogP contribution in [0.5, 0.6) is 0 Å². The maximum Gasteiger partial charge on any atom is 0.153 e. The first-order valence-electron chi connectivity index (χ1n) is 16.4. The molecule has 5 aromatic carbocycles.